The van der Waals surface area contributed by atoms with Gasteiger partial charge in [0.25, 0.3) is 0 Å². The van der Waals surface area contributed by atoms with Gasteiger partial charge >= 0.3 is 0 Å². The predicted molar refractivity (Wildman–Crippen MR) is 103 cm³/mol. The fourth-order valence-corrected chi connectivity index (χ4v) is 3.72. The molecular weight excluding hydrogens is 352 g/mol. The van der Waals surface area contributed by atoms with E-state index in [9.17, 15) is 4.79 Å². The van der Waals surface area contributed by atoms with E-state index in [1.54, 1.807) is 0 Å². The quantitative estimate of drug-likeness (QED) is 0.616. The van der Waals surface area contributed by atoms with Gasteiger partial charge < -0.3 is 10.6 Å². The van der Waals surface area contributed by atoms with Crippen molar-refractivity contribution in [1.29, 1.82) is 0 Å². The van der Waals surface area contributed by atoms with E-state index in [0.29, 0.717) is 12.3 Å². The minimum Gasteiger partial charge on any atom is -0.351 e. The van der Waals surface area contributed by atoms with Crippen LogP contribution in [0.15, 0.2) is 58.9 Å². The summed E-state index contributed by atoms with van der Waals surface area (Å²) in [5.41, 5.74) is 3.24. The number of nitrogens with zero attached hydrogens (tertiary/aromatic N) is 2. The van der Waals surface area contributed by atoms with Gasteiger partial charge in [-0.1, -0.05) is 71.6 Å². The summed E-state index contributed by atoms with van der Waals surface area (Å²) in [4.78, 5) is 11.9. The number of carbonyl (C=O) groups is 1. The second-order valence-corrected chi connectivity index (χ2v) is 7.56. The molecule has 3 aromatic rings. The highest BCUT2D eigenvalue weighted by Crippen LogP contribution is 2.28. The number of benzene rings is 2. The fourth-order valence-electron chi connectivity index (χ4n) is 2.12. The van der Waals surface area contributed by atoms with Gasteiger partial charge in [0.05, 0.1) is 5.75 Å². The fraction of sp³-hybridized carbons (Fsp3) is 0.167. The molecule has 0 aliphatic heterocycles. The van der Waals surface area contributed by atoms with Crippen molar-refractivity contribution in [3.8, 4) is 0 Å². The summed E-state index contributed by atoms with van der Waals surface area (Å²) in [6, 6.07) is 17.9. The van der Waals surface area contributed by atoms with E-state index in [1.165, 1.54) is 23.1 Å². The summed E-state index contributed by atoms with van der Waals surface area (Å²) in [7, 11) is 0. The first-order valence-electron chi connectivity index (χ1n) is 7.80. The maximum Gasteiger partial charge on any atom is 0.230 e. The average molecular weight is 371 g/mol. The average Bonchev–Trinajstić information content (AvgIpc) is 3.08. The minimum absolute atomic E-state index is 0.0162. The van der Waals surface area contributed by atoms with Crippen LogP contribution in [0.2, 0.25) is 0 Å². The SMILES string of the molecule is Cc1ccccc1Nc1nnc(SCC(=O)NCc2ccccc2)s1. The highest BCUT2D eigenvalue weighted by atomic mass is 32.2. The first-order valence-corrected chi connectivity index (χ1v) is 9.60. The topological polar surface area (TPSA) is 66.9 Å². The molecular formula is C18H18N4OS2. The Hall–Kier alpha value is -2.38. The van der Waals surface area contributed by atoms with Crippen LogP contribution in [0.3, 0.4) is 0 Å². The van der Waals surface area contributed by atoms with Crippen LogP contribution in [0.4, 0.5) is 10.8 Å². The summed E-state index contributed by atoms with van der Waals surface area (Å²) in [6.07, 6.45) is 0. The predicted octanol–water partition coefficient (Wildman–Crippen LogP) is 4.00. The second-order valence-electron chi connectivity index (χ2n) is 5.36. The van der Waals surface area contributed by atoms with Crippen molar-refractivity contribution in [1.82, 2.24) is 15.5 Å². The monoisotopic (exact) mass is 370 g/mol. The molecule has 0 atom stereocenters. The van der Waals surface area contributed by atoms with Gasteiger partial charge in [0, 0.05) is 12.2 Å². The van der Waals surface area contributed by atoms with Gasteiger partial charge in [0.2, 0.25) is 11.0 Å². The van der Waals surface area contributed by atoms with Crippen LogP contribution in [0.1, 0.15) is 11.1 Å². The van der Waals surface area contributed by atoms with E-state index in [-0.39, 0.29) is 5.91 Å². The maximum atomic E-state index is 11.9. The van der Waals surface area contributed by atoms with Crippen LogP contribution in [0.5, 0.6) is 0 Å². The van der Waals surface area contributed by atoms with Crippen LogP contribution < -0.4 is 10.6 Å². The number of thioether (sulfide) groups is 1. The second kappa shape index (κ2) is 8.64. The largest absolute Gasteiger partial charge is 0.351 e. The third-order valence-corrected chi connectivity index (χ3v) is 5.42. The Balaban J connectivity index is 1.47. The van der Waals surface area contributed by atoms with Gasteiger partial charge in [0.1, 0.15) is 0 Å². The smallest absolute Gasteiger partial charge is 0.230 e. The van der Waals surface area contributed by atoms with E-state index in [0.717, 1.165) is 26.3 Å². The van der Waals surface area contributed by atoms with Crippen LogP contribution in [0, 0.1) is 6.92 Å². The molecule has 0 aliphatic rings. The van der Waals surface area contributed by atoms with Crippen molar-refractivity contribution >= 4 is 39.8 Å². The lowest BCUT2D eigenvalue weighted by molar-refractivity contribution is -0.118. The molecule has 25 heavy (non-hydrogen) atoms. The maximum absolute atomic E-state index is 11.9. The summed E-state index contributed by atoms with van der Waals surface area (Å²) < 4.78 is 0.769. The normalized spacial score (nSPS) is 10.4. The molecule has 1 amide bonds. The summed E-state index contributed by atoms with van der Waals surface area (Å²) >= 11 is 2.83. The molecule has 128 valence electrons. The van der Waals surface area contributed by atoms with Crippen LogP contribution in [0.25, 0.3) is 0 Å². The highest BCUT2D eigenvalue weighted by Gasteiger charge is 2.09. The molecule has 0 radical (unpaired) electrons. The first-order chi connectivity index (χ1) is 12.2. The Labute approximate surface area is 154 Å². The molecule has 3 rings (SSSR count). The number of hydrogen-bond acceptors (Lipinski definition) is 6. The zero-order chi connectivity index (χ0) is 17.5. The van der Waals surface area contributed by atoms with Gasteiger partial charge in [-0.2, -0.15) is 0 Å². The molecule has 0 saturated carbocycles. The molecule has 0 unspecified atom stereocenters. The van der Waals surface area contributed by atoms with Crippen LogP contribution in [-0.4, -0.2) is 21.9 Å². The van der Waals surface area contributed by atoms with Crippen molar-refractivity contribution in [2.24, 2.45) is 0 Å². The van der Waals surface area contributed by atoms with E-state index in [1.807, 2.05) is 61.5 Å². The Kier molecular flexibility index (Phi) is 6.03. The Morgan fingerprint density at radius 2 is 1.84 bits per heavy atom. The third kappa shape index (κ3) is 5.30. The molecule has 0 saturated heterocycles. The number of hydrogen-bond donors (Lipinski definition) is 2. The van der Waals surface area contributed by atoms with Gasteiger partial charge in [-0.15, -0.1) is 10.2 Å². The molecule has 2 N–H and O–H groups in total. The van der Waals surface area contributed by atoms with E-state index in [2.05, 4.69) is 20.8 Å². The number of rotatable bonds is 7. The van der Waals surface area contributed by atoms with Crippen LogP contribution >= 0.6 is 23.1 Å². The number of anilines is 2. The number of amides is 1. The molecule has 0 bridgehead atoms. The van der Waals surface area contributed by atoms with Gasteiger partial charge in [-0.05, 0) is 24.1 Å². The lowest BCUT2D eigenvalue weighted by atomic mass is 10.2. The number of aromatic nitrogens is 2. The Morgan fingerprint density at radius 1 is 1.08 bits per heavy atom. The standard InChI is InChI=1S/C18H18N4OS2/c1-13-7-5-6-10-15(13)20-17-21-22-18(25-17)24-12-16(23)19-11-14-8-3-2-4-9-14/h2-10H,11-12H2,1H3,(H,19,23)(H,20,21). The number of aryl methyl sites for hydroxylation is 1. The summed E-state index contributed by atoms with van der Waals surface area (Å²) in [6.45, 7) is 2.58. The Morgan fingerprint density at radius 3 is 2.64 bits per heavy atom. The van der Waals surface area contributed by atoms with Crippen molar-refractivity contribution in [2.75, 3.05) is 11.1 Å². The van der Waals surface area contributed by atoms with Gasteiger partial charge in [-0.3, -0.25) is 4.79 Å². The zero-order valence-electron chi connectivity index (χ0n) is 13.7. The molecule has 5 nitrogen and oxygen atoms in total. The number of nitrogens with one attached hydrogen (secondary N) is 2. The molecule has 1 aromatic heterocycles. The van der Waals surface area contributed by atoms with Crippen LogP contribution in [-0.2, 0) is 11.3 Å². The lowest BCUT2D eigenvalue weighted by Crippen LogP contribution is -2.24. The van der Waals surface area contributed by atoms with E-state index in [4.69, 9.17) is 0 Å². The zero-order valence-corrected chi connectivity index (χ0v) is 15.4. The summed E-state index contributed by atoms with van der Waals surface area (Å²) in [5.74, 6) is 0.309. The molecule has 2 aromatic carbocycles. The van der Waals surface area contributed by atoms with Crippen molar-refractivity contribution < 1.29 is 4.79 Å². The van der Waals surface area contributed by atoms with Crippen molar-refractivity contribution in [2.45, 2.75) is 17.8 Å². The van der Waals surface area contributed by atoms with Gasteiger partial charge in [0.15, 0.2) is 4.34 Å². The van der Waals surface area contributed by atoms with Gasteiger partial charge in [-0.25, -0.2) is 0 Å². The Bertz CT molecular complexity index is 836. The van der Waals surface area contributed by atoms with E-state index >= 15 is 0 Å². The lowest BCUT2D eigenvalue weighted by Gasteiger charge is -2.04. The third-order valence-electron chi connectivity index (χ3n) is 3.45. The molecule has 1 heterocycles. The summed E-state index contributed by atoms with van der Waals surface area (Å²) in [5, 5.41) is 15.1. The van der Waals surface area contributed by atoms with E-state index < -0.39 is 0 Å². The molecule has 0 fully saturated rings. The highest BCUT2D eigenvalue weighted by molar-refractivity contribution is 8.01. The number of carbonyl (C=O) groups excluding carboxylic acids is 1. The number of para-hydroxylation sites is 1. The molecule has 7 heteroatoms. The first kappa shape index (κ1) is 17.4. The van der Waals surface area contributed by atoms with Crippen molar-refractivity contribution in [3.05, 3.63) is 65.7 Å². The molecule has 0 spiro atoms. The van der Waals surface area contributed by atoms with Crippen molar-refractivity contribution in [3.63, 3.8) is 0 Å². The minimum atomic E-state index is -0.0162. The molecule has 0 aliphatic carbocycles.